The number of nitrogens with one attached hydrogen (secondary N) is 1. The Hall–Kier alpha value is -2.41. The lowest BCUT2D eigenvalue weighted by Crippen LogP contribution is -2.15. The second kappa shape index (κ2) is 5.76. The summed E-state index contributed by atoms with van der Waals surface area (Å²) in [6.45, 7) is 0.289. The van der Waals surface area contributed by atoms with Crippen LogP contribution in [-0.2, 0) is 9.84 Å². The predicted molar refractivity (Wildman–Crippen MR) is 85.4 cm³/mol. The first kappa shape index (κ1) is 14.5. The van der Waals surface area contributed by atoms with Gasteiger partial charge in [0.1, 0.15) is 15.7 Å². The van der Waals surface area contributed by atoms with E-state index in [4.69, 9.17) is 4.42 Å². The van der Waals surface area contributed by atoms with Crippen molar-refractivity contribution in [2.45, 2.75) is 0 Å². The fourth-order valence-corrected chi connectivity index (χ4v) is 2.56. The standard InChI is InChI=1S/C15H15N3O3S/c1-22(19,20)10-8-16-14-11-5-2-3-6-12(11)17-15(18-14)13-7-4-9-21-13/h2-7,9H,8,10H2,1H3,(H,16,17,18). The Morgan fingerprint density at radius 1 is 1.14 bits per heavy atom. The van der Waals surface area contributed by atoms with Gasteiger partial charge in [-0.05, 0) is 24.3 Å². The van der Waals surface area contributed by atoms with Crippen LogP contribution >= 0.6 is 0 Å². The average molecular weight is 317 g/mol. The van der Waals surface area contributed by atoms with Gasteiger partial charge in [0, 0.05) is 18.2 Å². The van der Waals surface area contributed by atoms with Crippen LogP contribution in [0.2, 0.25) is 0 Å². The van der Waals surface area contributed by atoms with Crippen molar-refractivity contribution in [2.75, 3.05) is 23.9 Å². The maximum Gasteiger partial charge on any atom is 0.198 e. The van der Waals surface area contributed by atoms with E-state index in [1.54, 1.807) is 18.4 Å². The van der Waals surface area contributed by atoms with Crippen molar-refractivity contribution in [3.8, 4) is 11.6 Å². The molecule has 114 valence electrons. The molecular weight excluding hydrogens is 302 g/mol. The summed E-state index contributed by atoms with van der Waals surface area (Å²) < 4.78 is 27.8. The van der Waals surface area contributed by atoms with Crippen molar-refractivity contribution >= 4 is 26.6 Å². The number of aromatic nitrogens is 2. The molecule has 0 aliphatic rings. The fourth-order valence-electron chi connectivity index (χ4n) is 2.08. The van der Waals surface area contributed by atoms with E-state index >= 15 is 0 Å². The van der Waals surface area contributed by atoms with Crippen molar-refractivity contribution < 1.29 is 12.8 Å². The normalized spacial score (nSPS) is 11.7. The molecule has 2 heterocycles. The maximum atomic E-state index is 11.3. The molecule has 0 unspecified atom stereocenters. The molecular formula is C15H15N3O3S. The number of fused-ring (bicyclic) bond motifs is 1. The van der Waals surface area contributed by atoms with Gasteiger partial charge < -0.3 is 9.73 Å². The molecule has 0 amide bonds. The van der Waals surface area contributed by atoms with Gasteiger partial charge in [0.2, 0.25) is 0 Å². The minimum atomic E-state index is -3.03. The highest BCUT2D eigenvalue weighted by atomic mass is 32.2. The lowest BCUT2D eigenvalue weighted by Gasteiger charge is -2.09. The molecule has 1 aromatic carbocycles. The Labute approximate surface area is 128 Å². The Morgan fingerprint density at radius 2 is 1.95 bits per heavy atom. The van der Waals surface area contributed by atoms with Crippen LogP contribution in [0, 0.1) is 0 Å². The molecule has 22 heavy (non-hydrogen) atoms. The number of rotatable bonds is 5. The highest BCUT2D eigenvalue weighted by molar-refractivity contribution is 7.90. The summed E-state index contributed by atoms with van der Waals surface area (Å²) in [4.78, 5) is 8.92. The molecule has 0 aliphatic carbocycles. The van der Waals surface area contributed by atoms with Crippen LogP contribution in [0.25, 0.3) is 22.5 Å². The summed E-state index contributed by atoms with van der Waals surface area (Å²) in [5.41, 5.74) is 0.769. The zero-order valence-electron chi connectivity index (χ0n) is 12.0. The Bertz CT molecular complexity index is 890. The minimum Gasteiger partial charge on any atom is -0.461 e. The van der Waals surface area contributed by atoms with Crippen molar-refractivity contribution in [2.24, 2.45) is 0 Å². The first-order chi connectivity index (χ1) is 10.5. The topological polar surface area (TPSA) is 85.1 Å². The van der Waals surface area contributed by atoms with Crippen LogP contribution in [0.15, 0.2) is 47.1 Å². The molecule has 7 heteroatoms. The molecule has 3 rings (SSSR count). The second-order valence-electron chi connectivity index (χ2n) is 4.95. The van der Waals surface area contributed by atoms with Crippen LogP contribution in [-0.4, -0.2) is 36.9 Å². The van der Waals surface area contributed by atoms with E-state index in [-0.39, 0.29) is 12.3 Å². The molecule has 0 saturated heterocycles. The van der Waals surface area contributed by atoms with Gasteiger partial charge in [-0.15, -0.1) is 0 Å². The fraction of sp³-hybridized carbons (Fsp3) is 0.200. The molecule has 0 spiro atoms. The van der Waals surface area contributed by atoms with E-state index in [1.165, 1.54) is 6.26 Å². The van der Waals surface area contributed by atoms with E-state index in [0.717, 1.165) is 10.9 Å². The number of benzene rings is 1. The highest BCUT2D eigenvalue weighted by Gasteiger charge is 2.11. The number of nitrogens with zero attached hydrogens (tertiary/aromatic N) is 2. The molecule has 0 radical (unpaired) electrons. The number of furan rings is 1. The first-order valence-corrected chi connectivity index (χ1v) is 8.81. The third kappa shape index (κ3) is 3.25. The van der Waals surface area contributed by atoms with Gasteiger partial charge in [0.25, 0.3) is 0 Å². The summed E-state index contributed by atoms with van der Waals surface area (Å²) in [7, 11) is -3.03. The van der Waals surface area contributed by atoms with E-state index in [2.05, 4.69) is 15.3 Å². The Kier molecular flexibility index (Phi) is 3.81. The quantitative estimate of drug-likeness (QED) is 0.777. The van der Waals surface area contributed by atoms with E-state index in [1.807, 2.05) is 24.3 Å². The molecule has 6 nitrogen and oxygen atoms in total. The van der Waals surface area contributed by atoms with Gasteiger partial charge in [-0.2, -0.15) is 0 Å². The monoisotopic (exact) mass is 317 g/mol. The number of anilines is 1. The molecule has 0 aliphatic heterocycles. The number of hydrogen-bond donors (Lipinski definition) is 1. The largest absolute Gasteiger partial charge is 0.461 e. The van der Waals surface area contributed by atoms with Crippen LogP contribution in [0.3, 0.4) is 0 Å². The highest BCUT2D eigenvalue weighted by Crippen LogP contribution is 2.24. The van der Waals surface area contributed by atoms with E-state index < -0.39 is 9.84 Å². The van der Waals surface area contributed by atoms with Gasteiger partial charge in [-0.25, -0.2) is 18.4 Å². The lowest BCUT2D eigenvalue weighted by atomic mass is 10.2. The molecule has 0 bridgehead atoms. The summed E-state index contributed by atoms with van der Waals surface area (Å²) in [6, 6.07) is 11.1. The van der Waals surface area contributed by atoms with Gasteiger partial charge in [0.05, 0.1) is 17.5 Å². The van der Waals surface area contributed by atoms with Crippen LogP contribution in [0.5, 0.6) is 0 Å². The summed E-state index contributed by atoms with van der Waals surface area (Å²) in [5, 5.41) is 3.91. The van der Waals surface area contributed by atoms with Gasteiger partial charge >= 0.3 is 0 Å². The zero-order chi connectivity index (χ0) is 15.6. The zero-order valence-corrected chi connectivity index (χ0v) is 12.8. The minimum absolute atomic E-state index is 0.0431. The number of hydrogen-bond acceptors (Lipinski definition) is 6. The van der Waals surface area contributed by atoms with Crippen LogP contribution in [0.1, 0.15) is 0 Å². The molecule has 1 N–H and O–H groups in total. The third-order valence-electron chi connectivity index (χ3n) is 3.11. The van der Waals surface area contributed by atoms with Crippen molar-refractivity contribution in [1.82, 2.24) is 9.97 Å². The smallest absolute Gasteiger partial charge is 0.198 e. The van der Waals surface area contributed by atoms with Gasteiger partial charge in [-0.3, -0.25) is 0 Å². The number of para-hydroxylation sites is 1. The molecule has 3 aromatic rings. The third-order valence-corrected chi connectivity index (χ3v) is 4.06. The summed E-state index contributed by atoms with van der Waals surface area (Å²) >= 11 is 0. The van der Waals surface area contributed by atoms with Crippen molar-refractivity contribution in [3.63, 3.8) is 0 Å². The predicted octanol–water partition coefficient (Wildman–Crippen LogP) is 2.35. The molecule has 0 atom stereocenters. The number of sulfone groups is 1. The van der Waals surface area contributed by atoms with E-state index in [0.29, 0.717) is 17.4 Å². The molecule has 2 aromatic heterocycles. The molecule has 0 fully saturated rings. The Balaban J connectivity index is 1.99. The maximum absolute atomic E-state index is 11.3. The van der Waals surface area contributed by atoms with Gasteiger partial charge in [-0.1, -0.05) is 12.1 Å². The van der Waals surface area contributed by atoms with E-state index in [9.17, 15) is 8.42 Å². The first-order valence-electron chi connectivity index (χ1n) is 6.75. The van der Waals surface area contributed by atoms with Crippen LogP contribution < -0.4 is 5.32 Å². The summed E-state index contributed by atoms with van der Waals surface area (Å²) in [6.07, 6.45) is 2.77. The lowest BCUT2D eigenvalue weighted by molar-refractivity contribution is 0.577. The van der Waals surface area contributed by atoms with Crippen molar-refractivity contribution in [3.05, 3.63) is 42.7 Å². The Morgan fingerprint density at radius 3 is 2.68 bits per heavy atom. The summed E-state index contributed by atoms with van der Waals surface area (Å²) in [5.74, 6) is 1.67. The SMILES string of the molecule is CS(=O)(=O)CCNc1nc(-c2ccco2)nc2ccccc12. The van der Waals surface area contributed by atoms with Gasteiger partial charge in [0.15, 0.2) is 11.6 Å². The second-order valence-corrected chi connectivity index (χ2v) is 7.21. The van der Waals surface area contributed by atoms with Crippen LogP contribution in [0.4, 0.5) is 5.82 Å². The molecule has 0 saturated carbocycles. The average Bonchev–Trinajstić information content (AvgIpc) is 3.00. The van der Waals surface area contributed by atoms with Crippen molar-refractivity contribution in [1.29, 1.82) is 0 Å².